The van der Waals surface area contributed by atoms with Crippen molar-refractivity contribution in [1.29, 1.82) is 0 Å². The number of halogens is 2. The van der Waals surface area contributed by atoms with Gasteiger partial charge in [0.15, 0.2) is 0 Å². The minimum atomic E-state index is -0.772. The van der Waals surface area contributed by atoms with Crippen LogP contribution in [0, 0.1) is 11.6 Å². The van der Waals surface area contributed by atoms with Gasteiger partial charge in [0.05, 0.1) is 0 Å². The lowest BCUT2D eigenvalue weighted by Gasteiger charge is -2.10. The van der Waals surface area contributed by atoms with Gasteiger partial charge in [-0.05, 0) is 25.1 Å². The molecule has 0 unspecified atom stereocenters. The van der Waals surface area contributed by atoms with E-state index < -0.39 is 17.2 Å². The summed E-state index contributed by atoms with van der Waals surface area (Å²) in [7, 11) is 0. The topological polar surface area (TPSA) is 67.2 Å². The molecule has 118 valence electrons. The lowest BCUT2D eigenvalue weighted by atomic mass is 10.3. The Morgan fingerprint density at radius 3 is 2.82 bits per heavy atom. The van der Waals surface area contributed by atoms with Crippen molar-refractivity contribution < 1.29 is 13.9 Å². The highest BCUT2D eigenvalue weighted by Crippen LogP contribution is 2.15. The van der Waals surface area contributed by atoms with Crippen molar-refractivity contribution >= 4 is 0 Å². The average molecular weight is 309 g/mol. The second kappa shape index (κ2) is 7.13. The molecule has 0 aliphatic heterocycles. The van der Waals surface area contributed by atoms with Crippen LogP contribution in [0.2, 0.25) is 0 Å². The SMILES string of the molecule is CCCCNCc1nn(-c2cc(F)ccc2F)c(=O)cc1O. The second-order valence-electron chi connectivity index (χ2n) is 4.85. The molecule has 2 rings (SSSR count). The molecule has 1 heterocycles. The van der Waals surface area contributed by atoms with Crippen molar-refractivity contribution in [3.8, 4) is 11.4 Å². The Hall–Kier alpha value is -2.28. The molecule has 1 aromatic heterocycles. The molecule has 0 bridgehead atoms. The van der Waals surface area contributed by atoms with Gasteiger partial charge in [-0.15, -0.1) is 0 Å². The number of unbranched alkanes of at least 4 members (excludes halogenated alkanes) is 1. The highest BCUT2D eigenvalue weighted by atomic mass is 19.1. The first-order chi connectivity index (χ1) is 10.5. The molecule has 7 heteroatoms. The van der Waals surface area contributed by atoms with Crippen LogP contribution in [0.5, 0.6) is 5.75 Å². The monoisotopic (exact) mass is 309 g/mol. The van der Waals surface area contributed by atoms with E-state index in [0.717, 1.165) is 48.3 Å². The number of hydrogen-bond acceptors (Lipinski definition) is 4. The van der Waals surface area contributed by atoms with Gasteiger partial charge in [0, 0.05) is 18.7 Å². The van der Waals surface area contributed by atoms with Gasteiger partial charge < -0.3 is 10.4 Å². The first-order valence-corrected chi connectivity index (χ1v) is 7.01. The van der Waals surface area contributed by atoms with Gasteiger partial charge in [0.1, 0.15) is 28.8 Å². The van der Waals surface area contributed by atoms with E-state index in [2.05, 4.69) is 10.4 Å². The van der Waals surface area contributed by atoms with Crippen molar-refractivity contribution in [2.24, 2.45) is 0 Å². The Morgan fingerprint density at radius 2 is 2.09 bits per heavy atom. The van der Waals surface area contributed by atoms with E-state index >= 15 is 0 Å². The van der Waals surface area contributed by atoms with Crippen molar-refractivity contribution in [2.45, 2.75) is 26.3 Å². The molecule has 0 radical (unpaired) electrons. The van der Waals surface area contributed by atoms with Crippen LogP contribution in [0.25, 0.3) is 5.69 Å². The largest absolute Gasteiger partial charge is 0.506 e. The fourth-order valence-corrected chi connectivity index (χ4v) is 1.94. The van der Waals surface area contributed by atoms with Gasteiger partial charge in [-0.2, -0.15) is 9.78 Å². The highest BCUT2D eigenvalue weighted by molar-refractivity contribution is 5.35. The van der Waals surface area contributed by atoms with Crippen molar-refractivity contribution in [3.63, 3.8) is 0 Å². The molecule has 2 aromatic rings. The van der Waals surface area contributed by atoms with Crippen molar-refractivity contribution in [2.75, 3.05) is 6.54 Å². The predicted molar refractivity (Wildman–Crippen MR) is 78.0 cm³/mol. The van der Waals surface area contributed by atoms with E-state index in [9.17, 15) is 18.7 Å². The Kier molecular flexibility index (Phi) is 5.21. The number of aromatic nitrogens is 2. The van der Waals surface area contributed by atoms with E-state index in [1.165, 1.54) is 0 Å². The first kappa shape index (κ1) is 16.1. The summed E-state index contributed by atoms with van der Waals surface area (Å²) >= 11 is 0. The van der Waals surface area contributed by atoms with Crippen LogP contribution in [-0.4, -0.2) is 21.4 Å². The summed E-state index contributed by atoms with van der Waals surface area (Å²) < 4.78 is 27.8. The van der Waals surface area contributed by atoms with Gasteiger partial charge in [-0.25, -0.2) is 8.78 Å². The van der Waals surface area contributed by atoms with Crippen LogP contribution >= 0.6 is 0 Å². The molecule has 22 heavy (non-hydrogen) atoms. The molecule has 0 atom stereocenters. The van der Waals surface area contributed by atoms with Crippen molar-refractivity contribution in [3.05, 3.63) is 51.9 Å². The number of aromatic hydroxyl groups is 1. The van der Waals surface area contributed by atoms with Crippen LogP contribution in [0.3, 0.4) is 0 Å². The Bertz CT molecular complexity index is 716. The van der Waals surface area contributed by atoms with Gasteiger partial charge >= 0.3 is 0 Å². The standard InChI is InChI=1S/C15H17F2N3O2/c1-2-3-6-18-9-12-14(21)8-15(22)20(19-12)13-7-10(16)4-5-11(13)17/h4-5,7-8,18,21H,2-3,6,9H2,1H3. The molecule has 0 amide bonds. The van der Waals surface area contributed by atoms with E-state index in [4.69, 9.17) is 0 Å². The van der Waals surface area contributed by atoms with Crippen LogP contribution in [0.15, 0.2) is 29.1 Å². The minimum Gasteiger partial charge on any atom is -0.506 e. The Balaban J connectivity index is 2.36. The normalized spacial score (nSPS) is 10.9. The van der Waals surface area contributed by atoms with Crippen LogP contribution in [0.4, 0.5) is 8.78 Å². The molecule has 0 saturated carbocycles. The van der Waals surface area contributed by atoms with E-state index in [1.54, 1.807) is 0 Å². The Morgan fingerprint density at radius 1 is 1.32 bits per heavy atom. The molecule has 1 aromatic carbocycles. The summed E-state index contributed by atoms with van der Waals surface area (Å²) in [6, 6.07) is 3.70. The minimum absolute atomic E-state index is 0.194. The summed E-state index contributed by atoms with van der Waals surface area (Å²) in [5.41, 5.74) is -0.835. The second-order valence-corrected chi connectivity index (χ2v) is 4.85. The summed E-state index contributed by atoms with van der Waals surface area (Å²) in [4.78, 5) is 11.9. The van der Waals surface area contributed by atoms with E-state index in [1.807, 2.05) is 6.92 Å². The van der Waals surface area contributed by atoms with Gasteiger partial charge in [0.25, 0.3) is 5.56 Å². The third kappa shape index (κ3) is 3.67. The highest BCUT2D eigenvalue weighted by Gasteiger charge is 2.13. The Labute approximate surface area is 126 Å². The summed E-state index contributed by atoms with van der Waals surface area (Å²) in [5.74, 6) is -1.73. The van der Waals surface area contributed by atoms with Crippen LogP contribution in [0.1, 0.15) is 25.5 Å². The smallest absolute Gasteiger partial charge is 0.275 e. The predicted octanol–water partition coefficient (Wildman–Crippen LogP) is 2.11. The first-order valence-electron chi connectivity index (χ1n) is 7.01. The lowest BCUT2D eigenvalue weighted by molar-refractivity contribution is 0.450. The third-order valence-corrected chi connectivity index (χ3v) is 3.12. The molecule has 0 fully saturated rings. The fraction of sp³-hybridized carbons (Fsp3) is 0.333. The molecular formula is C15H17F2N3O2. The maximum absolute atomic E-state index is 13.8. The van der Waals surface area contributed by atoms with Gasteiger partial charge in [0.2, 0.25) is 0 Å². The number of benzene rings is 1. The van der Waals surface area contributed by atoms with Crippen molar-refractivity contribution in [1.82, 2.24) is 15.1 Å². The number of hydrogen-bond donors (Lipinski definition) is 2. The molecule has 0 aliphatic carbocycles. The van der Waals surface area contributed by atoms with E-state index in [-0.39, 0.29) is 23.7 Å². The maximum Gasteiger partial charge on any atom is 0.275 e. The number of rotatable bonds is 6. The average Bonchev–Trinajstić information content (AvgIpc) is 2.48. The maximum atomic E-state index is 13.8. The fourth-order valence-electron chi connectivity index (χ4n) is 1.94. The third-order valence-electron chi connectivity index (χ3n) is 3.12. The lowest BCUT2D eigenvalue weighted by Crippen LogP contribution is -2.25. The quantitative estimate of drug-likeness (QED) is 0.802. The van der Waals surface area contributed by atoms with Crippen LogP contribution in [-0.2, 0) is 6.54 Å². The van der Waals surface area contributed by atoms with Crippen LogP contribution < -0.4 is 10.9 Å². The summed E-state index contributed by atoms with van der Waals surface area (Å²) in [6.07, 6.45) is 1.97. The molecule has 0 spiro atoms. The summed E-state index contributed by atoms with van der Waals surface area (Å²) in [6.45, 7) is 3.00. The summed E-state index contributed by atoms with van der Waals surface area (Å²) in [5, 5.41) is 16.7. The molecule has 0 saturated heterocycles. The van der Waals surface area contributed by atoms with Gasteiger partial charge in [-0.3, -0.25) is 4.79 Å². The van der Waals surface area contributed by atoms with E-state index in [0.29, 0.717) is 0 Å². The number of nitrogens with zero attached hydrogens (tertiary/aromatic N) is 2. The zero-order chi connectivity index (χ0) is 16.1. The zero-order valence-corrected chi connectivity index (χ0v) is 12.1. The van der Waals surface area contributed by atoms with Gasteiger partial charge in [-0.1, -0.05) is 13.3 Å². The zero-order valence-electron chi connectivity index (χ0n) is 12.1. The molecular weight excluding hydrogens is 292 g/mol. The number of nitrogens with one attached hydrogen (secondary N) is 1. The molecule has 0 aliphatic rings. The molecule has 2 N–H and O–H groups in total. The molecule has 5 nitrogen and oxygen atoms in total.